The van der Waals surface area contributed by atoms with E-state index in [1.54, 1.807) is 6.07 Å². The topological polar surface area (TPSA) is 54.3 Å². The van der Waals surface area contributed by atoms with Crippen LogP contribution in [0.3, 0.4) is 0 Å². The van der Waals surface area contributed by atoms with Gasteiger partial charge in [-0.15, -0.1) is 0 Å². The highest BCUT2D eigenvalue weighted by Gasteiger charge is 2.36. The van der Waals surface area contributed by atoms with Crippen molar-refractivity contribution in [2.24, 2.45) is 5.92 Å². The van der Waals surface area contributed by atoms with E-state index in [0.717, 1.165) is 51.8 Å². The van der Waals surface area contributed by atoms with Crippen molar-refractivity contribution >= 4 is 55.8 Å². The van der Waals surface area contributed by atoms with Crippen LogP contribution in [0, 0.1) is 5.92 Å². The summed E-state index contributed by atoms with van der Waals surface area (Å²) >= 11 is 10.8. The number of benzene rings is 2. The lowest BCUT2D eigenvalue weighted by atomic mass is 9.83. The summed E-state index contributed by atoms with van der Waals surface area (Å²) in [6, 6.07) is 22.9. The first-order valence-electron chi connectivity index (χ1n) is 11.3. The van der Waals surface area contributed by atoms with Crippen LogP contribution in [0.5, 0.6) is 0 Å². The number of para-hydroxylation sites is 1. The Hall–Kier alpha value is -2.42. The lowest BCUT2D eigenvalue weighted by molar-refractivity contribution is -0.115. The third kappa shape index (κ3) is 4.85. The smallest absolute Gasteiger partial charge is 0.250 e. The number of amides is 1. The number of likely N-dealkylation sites (tertiary alicyclic amines) is 1. The first-order valence-corrected chi connectivity index (χ1v) is 13.3. The maximum absolute atomic E-state index is 13.4. The van der Waals surface area contributed by atoms with E-state index in [2.05, 4.69) is 32.2 Å². The molecule has 1 fully saturated rings. The van der Waals surface area contributed by atoms with Crippen LogP contribution >= 0.6 is 39.9 Å². The predicted molar refractivity (Wildman–Crippen MR) is 145 cm³/mol. The number of carbonyl (C=O) groups is 1. The van der Waals surface area contributed by atoms with Gasteiger partial charge in [0.2, 0.25) is 5.91 Å². The summed E-state index contributed by atoms with van der Waals surface area (Å²) in [6.45, 7) is 2.29. The van der Waals surface area contributed by atoms with E-state index in [-0.39, 0.29) is 17.4 Å². The molecule has 5 rings (SSSR count). The Bertz CT molecular complexity index is 1280. The molecule has 0 spiro atoms. The SMILES string of the molecule is O=C(Nc1ccccc1Br)[C@H](SC(=S)N1C[C@@H]2C[C@@H](C1)c1cccc(=O)n1C2)c1ccccc1. The molecular formula is C26H24BrN3O2S2. The first-order chi connectivity index (χ1) is 16.5. The Morgan fingerprint density at radius 2 is 1.76 bits per heavy atom. The second kappa shape index (κ2) is 10.1. The number of carbonyl (C=O) groups excluding carboxylic acids is 1. The predicted octanol–water partition coefficient (Wildman–Crippen LogP) is 5.43. The minimum atomic E-state index is -0.475. The van der Waals surface area contributed by atoms with E-state index in [4.69, 9.17) is 12.2 Å². The molecule has 2 aliphatic rings. The van der Waals surface area contributed by atoms with Crippen LogP contribution in [0.25, 0.3) is 0 Å². The van der Waals surface area contributed by atoms with E-state index in [1.807, 2.05) is 65.2 Å². The van der Waals surface area contributed by atoms with E-state index in [1.165, 1.54) is 11.8 Å². The molecule has 0 aliphatic carbocycles. The summed E-state index contributed by atoms with van der Waals surface area (Å²) in [6.07, 6.45) is 1.07. The highest BCUT2D eigenvalue weighted by atomic mass is 79.9. The highest BCUT2D eigenvalue weighted by Crippen LogP contribution is 2.39. The molecule has 0 unspecified atom stereocenters. The van der Waals surface area contributed by atoms with E-state index >= 15 is 0 Å². The molecule has 0 saturated carbocycles. The maximum Gasteiger partial charge on any atom is 0.250 e. The van der Waals surface area contributed by atoms with Crippen molar-refractivity contribution in [2.45, 2.75) is 24.1 Å². The summed E-state index contributed by atoms with van der Waals surface area (Å²) < 4.78 is 3.47. The molecule has 1 saturated heterocycles. The zero-order chi connectivity index (χ0) is 23.7. The number of thiocarbonyl (C=S) groups is 1. The Labute approximate surface area is 216 Å². The summed E-state index contributed by atoms with van der Waals surface area (Å²) in [7, 11) is 0. The third-order valence-electron chi connectivity index (χ3n) is 6.43. The van der Waals surface area contributed by atoms with Crippen LogP contribution in [0.15, 0.2) is 82.1 Å². The minimum absolute atomic E-state index is 0.0745. The summed E-state index contributed by atoms with van der Waals surface area (Å²) in [4.78, 5) is 28.0. The van der Waals surface area contributed by atoms with Gasteiger partial charge < -0.3 is 14.8 Å². The van der Waals surface area contributed by atoms with Crippen molar-refractivity contribution in [1.29, 1.82) is 0 Å². The average Bonchev–Trinajstić information content (AvgIpc) is 2.85. The second-order valence-electron chi connectivity index (χ2n) is 8.75. The van der Waals surface area contributed by atoms with E-state index in [0.29, 0.717) is 5.92 Å². The zero-order valence-electron chi connectivity index (χ0n) is 18.4. The molecule has 2 bridgehead atoms. The number of nitrogens with one attached hydrogen (secondary N) is 1. The Morgan fingerprint density at radius 1 is 1.00 bits per heavy atom. The number of rotatable bonds is 4. The Kier molecular flexibility index (Phi) is 6.90. The quantitative estimate of drug-likeness (QED) is 0.436. The molecule has 34 heavy (non-hydrogen) atoms. The Balaban J connectivity index is 1.36. The number of halogens is 1. The fourth-order valence-electron chi connectivity index (χ4n) is 4.88. The number of thioether (sulfide) groups is 1. The van der Waals surface area contributed by atoms with Crippen LogP contribution < -0.4 is 10.9 Å². The second-order valence-corrected chi connectivity index (χ2v) is 11.3. The van der Waals surface area contributed by atoms with Crippen LogP contribution in [-0.4, -0.2) is 32.8 Å². The first kappa shape index (κ1) is 23.3. The minimum Gasteiger partial charge on any atom is -0.356 e. The number of fused-ring (bicyclic) bond motifs is 4. The van der Waals surface area contributed by atoms with Gasteiger partial charge in [-0.3, -0.25) is 9.59 Å². The molecular weight excluding hydrogens is 530 g/mol. The van der Waals surface area contributed by atoms with Crippen molar-refractivity contribution in [3.05, 3.63) is 98.9 Å². The standard InChI is InChI=1S/C26H24BrN3O2S2/c27-20-9-4-5-10-21(20)28-25(32)24(18-7-2-1-3-8-18)34-26(33)29-14-17-13-19(16-29)22-11-6-12-23(31)30(22)15-17/h1-12,17,19,24H,13-16H2,(H,28,32)/t17-,19-,24+/m0/s1. The van der Waals surface area contributed by atoms with Crippen LogP contribution in [-0.2, 0) is 11.3 Å². The van der Waals surface area contributed by atoms with Crippen molar-refractivity contribution in [1.82, 2.24) is 9.47 Å². The molecule has 174 valence electrons. The lowest BCUT2D eigenvalue weighted by Crippen LogP contribution is -2.48. The number of hydrogen-bond donors (Lipinski definition) is 1. The van der Waals surface area contributed by atoms with E-state index < -0.39 is 5.25 Å². The van der Waals surface area contributed by atoms with Gasteiger partial charge >= 0.3 is 0 Å². The molecule has 8 heteroatoms. The van der Waals surface area contributed by atoms with Crippen LogP contribution in [0.2, 0.25) is 0 Å². The number of piperidine rings is 1. The molecule has 3 atom stereocenters. The van der Waals surface area contributed by atoms with Crippen molar-refractivity contribution < 1.29 is 4.79 Å². The lowest BCUT2D eigenvalue weighted by Gasteiger charge is -2.43. The molecule has 2 aliphatic heterocycles. The largest absolute Gasteiger partial charge is 0.356 e. The molecule has 3 aromatic rings. The third-order valence-corrected chi connectivity index (χ3v) is 8.85. The monoisotopic (exact) mass is 553 g/mol. The van der Waals surface area contributed by atoms with Gasteiger partial charge in [-0.05, 0) is 52.0 Å². The summed E-state index contributed by atoms with van der Waals surface area (Å²) in [5.74, 6) is 0.526. The zero-order valence-corrected chi connectivity index (χ0v) is 21.6. The number of aromatic nitrogens is 1. The van der Waals surface area contributed by atoms with Crippen molar-refractivity contribution in [2.75, 3.05) is 18.4 Å². The number of nitrogens with zero attached hydrogens (tertiary/aromatic N) is 2. The van der Waals surface area contributed by atoms with Crippen LogP contribution in [0.4, 0.5) is 5.69 Å². The van der Waals surface area contributed by atoms with Crippen molar-refractivity contribution in [3.63, 3.8) is 0 Å². The molecule has 1 N–H and O–H groups in total. The summed E-state index contributed by atoms with van der Waals surface area (Å²) in [5, 5.41) is 2.58. The van der Waals surface area contributed by atoms with Gasteiger partial charge in [0.15, 0.2) is 0 Å². The van der Waals surface area contributed by atoms with Gasteiger partial charge in [0.25, 0.3) is 5.56 Å². The van der Waals surface area contributed by atoms with Gasteiger partial charge in [-0.25, -0.2) is 0 Å². The number of pyridine rings is 1. The molecule has 5 nitrogen and oxygen atoms in total. The molecule has 1 aromatic heterocycles. The Morgan fingerprint density at radius 3 is 2.56 bits per heavy atom. The van der Waals surface area contributed by atoms with Crippen LogP contribution in [0.1, 0.15) is 28.8 Å². The van der Waals surface area contributed by atoms with Gasteiger partial charge in [0.05, 0.1) is 5.69 Å². The van der Waals surface area contributed by atoms with E-state index in [9.17, 15) is 9.59 Å². The van der Waals surface area contributed by atoms with Gasteiger partial charge in [-0.1, -0.05) is 72.5 Å². The molecule has 1 amide bonds. The van der Waals surface area contributed by atoms with Gasteiger partial charge in [0, 0.05) is 41.8 Å². The molecule has 2 aromatic carbocycles. The molecule has 0 radical (unpaired) electrons. The van der Waals surface area contributed by atoms with Gasteiger partial charge in [0.1, 0.15) is 9.57 Å². The normalized spacial score (nSPS) is 19.7. The van der Waals surface area contributed by atoms with Crippen molar-refractivity contribution in [3.8, 4) is 0 Å². The van der Waals surface area contributed by atoms with Gasteiger partial charge in [-0.2, -0.15) is 0 Å². The fourth-order valence-corrected chi connectivity index (χ4v) is 6.66. The maximum atomic E-state index is 13.4. The molecule has 3 heterocycles. The highest BCUT2D eigenvalue weighted by molar-refractivity contribution is 9.10. The average molecular weight is 555 g/mol. The number of anilines is 1. The fraction of sp³-hybridized carbons (Fsp3) is 0.269. The summed E-state index contributed by atoms with van der Waals surface area (Å²) in [5.41, 5.74) is 2.81. The number of hydrogen-bond acceptors (Lipinski definition) is 4.